The number of aliphatic imine (C=N–C) groups is 1. The summed E-state index contributed by atoms with van der Waals surface area (Å²) >= 11 is 0. The number of rotatable bonds is 6. The predicted molar refractivity (Wildman–Crippen MR) is 111 cm³/mol. The highest BCUT2D eigenvalue weighted by Gasteiger charge is 2.32. The minimum absolute atomic E-state index is 0. The third-order valence-electron chi connectivity index (χ3n) is 3.69. The van der Waals surface area contributed by atoms with Gasteiger partial charge >= 0.3 is 6.36 Å². The highest BCUT2D eigenvalue weighted by molar-refractivity contribution is 14.0. The maximum atomic E-state index is 13.1. The van der Waals surface area contributed by atoms with Crippen molar-refractivity contribution in [1.29, 1.82) is 0 Å². The van der Waals surface area contributed by atoms with E-state index < -0.39 is 12.1 Å². The number of nitrogens with one attached hydrogen (secondary N) is 1. The van der Waals surface area contributed by atoms with Crippen LogP contribution in [0.2, 0.25) is 0 Å². The topological polar surface area (TPSA) is 62.9 Å². The van der Waals surface area contributed by atoms with Crippen molar-refractivity contribution < 1.29 is 22.3 Å². The van der Waals surface area contributed by atoms with Gasteiger partial charge in [-0.05, 0) is 43.9 Å². The summed E-state index contributed by atoms with van der Waals surface area (Å²) in [6.07, 6.45) is -4.82. The molecule has 0 radical (unpaired) electrons. The number of guanidine groups is 1. The number of anilines is 1. The molecule has 1 atom stereocenters. The van der Waals surface area contributed by atoms with Gasteiger partial charge in [-0.3, -0.25) is 4.99 Å². The lowest BCUT2D eigenvalue weighted by atomic mass is 10.1. The van der Waals surface area contributed by atoms with Crippen LogP contribution in [-0.2, 0) is 0 Å². The van der Waals surface area contributed by atoms with Crippen molar-refractivity contribution in [2.24, 2.45) is 10.7 Å². The maximum Gasteiger partial charge on any atom is 0.573 e. The Hall–Kier alpha value is -2.08. The van der Waals surface area contributed by atoms with Gasteiger partial charge < -0.3 is 20.7 Å². The van der Waals surface area contributed by atoms with Crippen molar-refractivity contribution >= 4 is 35.6 Å². The van der Waals surface area contributed by atoms with Crippen LogP contribution < -0.4 is 15.8 Å². The van der Waals surface area contributed by atoms with E-state index in [4.69, 9.17) is 5.73 Å². The smallest absolute Gasteiger partial charge is 0.404 e. The van der Waals surface area contributed by atoms with E-state index in [1.54, 1.807) is 18.2 Å². The van der Waals surface area contributed by atoms with E-state index in [1.165, 1.54) is 30.3 Å². The average molecular weight is 512 g/mol. The lowest BCUT2D eigenvalue weighted by molar-refractivity contribution is -0.274. The molecule has 3 N–H and O–H groups in total. The molecule has 0 aromatic heterocycles. The zero-order valence-corrected chi connectivity index (χ0v) is 17.5. The molecule has 2 rings (SSSR count). The molecule has 28 heavy (non-hydrogen) atoms. The molecule has 0 saturated carbocycles. The van der Waals surface area contributed by atoms with Gasteiger partial charge in [0, 0.05) is 0 Å². The Morgan fingerprint density at radius 3 is 2.32 bits per heavy atom. The Bertz CT molecular complexity index is 782. The van der Waals surface area contributed by atoms with E-state index in [0.717, 1.165) is 5.56 Å². The third-order valence-corrected chi connectivity index (χ3v) is 3.69. The first-order chi connectivity index (χ1) is 12.7. The van der Waals surface area contributed by atoms with Crippen LogP contribution in [0.5, 0.6) is 5.75 Å². The summed E-state index contributed by atoms with van der Waals surface area (Å²) in [6, 6.07) is 11.3. The van der Waals surface area contributed by atoms with Gasteiger partial charge in [0.2, 0.25) is 0 Å². The highest BCUT2D eigenvalue weighted by Crippen LogP contribution is 2.29. The second-order valence-corrected chi connectivity index (χ2v) is 5.93. The quantitative estimate of drug-likeness (QED) is 0.261. The van der Waals surface area contributed by atoms with Gasteiger partial charge in [0.15, 0.2) is 11.7 Å². The van der Waals surface area contributed by atoms with Crippen LogP contribution in [0.4, 0.5) is 23.2 Å². The standard InChI is InChI=1S/C18H20F4N4O.HI/c1-26(2)15(12-7-9-13(19)10-8-12)11-24-17(23)25-14-5-3-4-6-16(14)27-18(20,21)22;/h3-10,15H,11H2,1-2H3,(H3,23,24,25);1H. The first kappa shape index (κ1) is 24.0. The zero-order valence-electron chi connectivity index (χ0n) is 15.2. The first-order valence-corrected chi connectivity index (χ1v) is 7.99. The molecule has 0 saturated heterocycles. The fourth-order valence-corrected chi connectivity index (χ4v) is 2.40. The number of alkyl halides is 3. The van der Waals surface area contributed by atoms with E-state index in [9.17, 15) is 17.6 Å². The Morgan fingerprint density at radius 1 is 1.14 bits per heavy atom. The Labute approximate surface area is 177 Å². The lowest BCUT2D eigenvalue weighted by Gasteiger charge is -2.23. The molecule has 2 aromatic carbocycles. The summed E-state index contributed by atoms with van der Waals surface area (Å²) in [5, 5.41) is 2.61. The van der Waals surface area contributed by atoms with Gasteiger partial charge in [-0.1, -0.05) is 24.3 Å². The molecule has 0 aliphatic carbocycles. The molecule has 0 fully saturated rings. The molecule has 0 heterocycles. The second kappa shape index (κ2) is 10.5. The largest absolute Gasteiger partial charge is 0.573 e. The van der Waals surface area contributed by atoms with Gasteiger partial charge in [-0.15, -0.1) is 37.1 Å². The SMILES string of the molecule is CN(C)C(CN=C(N)Nc1ccccc1OC(F)(F)F)c1ccc(F)cc1.I. The number of hydrogen-bond acceptors (Lipinski definition) is 3. The summed E-state index contributed by atoms with van der Waals surface area (Å²) in [5.74, 6) is -0.824. The number of ether oxygens (including phenoxy) is 1. The Kier molecular flexibility index (Phi) is 8.95. The van der Waals surface area contributed by atoms with Crippen molar-refractivity contribution in [3.05, 3.63) is 59.9 Å². The number of para-hydroxylation sites is 2. The van der Waals surface area contributed by atoms with Crippen LogP contribution in [0.1, 0.15) is 11.6 Å². The highest BCUT2D eigenvalue weighted by atomic mass is 127. The van der Waals surface area contributed by atoms with E-state index >= 15 is 0 Å². The van der Waals surface area contributed by atoms with Crippen LogP contribution in [0, 0.1) is 5.82 Å². The molecular formula is C18H21F4IN4O. The summed E-state index contributed by atoms with van der Waals surface area (Å²) in [4.78, 5) is 6.07. The number of benzene rings is 2. The molecule has 0 spiro atoms. The van der Waals surface area contributed by atoms with Gasteiger partial charge in [0.05, 0.1) is 18.3 Å². The van der Waals surface area contributed by atoms with E-state index in [0.29, 0.717) is 0 Å². The van der Waals surface area contributed by atoms with Gasteiger partial charge in [-0.25, -0.2) is 4.39 Å². The minimum Gasteiger partial charge on any atom is -0.404 e. The van der Waals surface area contributed by atoms with Gasteiger partial charge in [0.25, 0.3) is 0 Å². The summed E-state index contributed by atoms with van der Waals surface area (Å²) in [5.41, 5.74) is 6.69. The second-order valence-electron chi connectivity index (χ2n) is 5.93. The number of hydrogen-bond donors (Lipinski definition) is 2. The Balaban J connectivity index is 0.00000392. The van der Waals surface area contributed by atoms with Crippen LogP contribution in [0.3, 0.4) is 0 Å². The molecule has 1 unspecified atom stereocenters. The molecule has 2 aromatic rings. The lowest BCUT2D eigenvalue weighted by Crippen LogP contribution is -2.28. The normalized spacial score (nSPS) is 13.0. The molecule has 0 aliphatic heterocycles. The molecule has 154 valence electrons. The van der Waals surface area contributed by atoms with Crippen LogP contribution in [-0.4, -0.2) is 37.9 Å². The Morgan fingerprint density at radius 2 is 1.75 bits per heavy atom. The summed E-state index contributed by atoms with van der Waals surface area (Å²) in [7, 11) is 3.67. The van der Waals surface area contributed by atoms with Gasteiger partial charge in [-0.2, -0.15) is 0 Å². The molecule has 0 amide bonds. The minimum atomic E-state index is -4.82. The fourth-order valence-electron chi connectivity index (χ4n) is 2.40. The number of likely N-dealkylation sites (N-methyl/N-ethyl adjacent to an activating group) is 1. The predicted octanol–water partition coefficient (Wildman–Crippen LogP) is 4.37. The fraction of sp³-hybridized carbons (Fsp3) is 0.278. The molecule has 10 heteroatoms. The van der Waals surface area contributed by atoms with E-state index in [-0.39, 0.29) is 54.0 Å². The van der Waals surface area contributed by atoms with Crippen LogP contribution in [0.25, 0.3) is 0 Å². The summed E-state index contributed by atoms with van der Waals surface area (Å²) < 4.78 is 54.5. The molecule has 0 bridgehead atoms. The van der Waals surface area contributed by atoms with Crippen molar-refractivity contribution in [1.82, 2.24) is 4.90 Å². The number of nitrogens with zero attached hydrogens (tertiary/aromatic N) is 2. The van der Waals surface area contributed by atoms with Crippen molar-refractivity contribution in [2.45, 2.75) is 12.4 Å². The zero-order chi connectivity index (χ0) is 20.0. The third kappa shape index (κ3) is 7.50. The monoisotopic (exact) mass is 512 g/mol. The molecule has 5 nitrogen and oxygen atoms in total. The van der Waals surface area contributed by atoms with Crippen LogP contribution in [0.15, 0.2) is 53.5 Å². The van der Waals surface area contributed by atoms with E-state index in [1.807, 2.05) is 19.0 Å². The number of nitrogens with two attached hydrogens (primary N) is 1. The molecular weight excluding hydrogens is 491 g/mol. The van der Waals surface area contributed by atoms with Crippen LogP contribution >= 0.6 is 24.0 Å². The van der Waals surface area contributed by atoms with E-state index in [2.05, 4.69) is 15.0 Å². The van der Waals surface area contributed by atoms with Crippen molar-refractivity contribution in [3.63, 3.8) is 0 Å². The molecule has 0 aliphatic rings. The summed E-state index contributed by atoms with van der Waals surface area (Å²) in [6.45, 7) is 0.222. The van der Waals surface area contributed by atoms with Gasteiger partial charge in [0.1, 0.15) is 5.82 Å². The van der Waals surface area contributed by atoms with Crippen molar-refractivity contribution in [3.8, 4) is 5.75 Å². The maximum absolute atomic E-state index is 13.1. The van der Waals surface area contributed by atoms with Crippen molar-refractivity contribution in [2.75, 3.05) is 26.0 Å². The average Bonchev–Trinajstić information content (AvgIpc) is 2.57. The first-order valence-electron chi connectivity index (χ1n) is 7.99. The number of halogens is 5.